The lowest BCUT2D eigenvalue weighted by Crippen LogP contribution is -2.29. The summed E-state index contributed by atoms with van der Waals surface area (Å²) in [5, 5.41) is 3.73. The normalized spacial score (nSPS) is 10.5. The molecule has 0 aliphatic heterocycles. The second-order valence-corrected chi connectivity index (χ2v) is 8.49. The van der Waals surface area contributed by atoms with Crippen LogP contribution in [0.1, 0.15) is 32.5 Å². The molecular formula is C23H19Cl2NO4S. The molecule has 0 aliphatic rings. The highest BCUT2D eigenvalue weighted by Crippen LogP contribution is 2.34. The van der Waals surface area contributed by atoms with Crippen molar-refractivity contribution in [3.63, 3.8) is 0 Å². The Morgan fingerprint density at radius 3 is 2.19 bits per heavy atom. The minimum atomic E-state index is -0.370. The van der Waals surface area contributed by atoms with Crippen LogP contribution in [0.5, 0.6) is 0 Å². The summed E-state index contributed by atoms with van der Waals surface area (Å²) < 4.78 is 5.06. The number of benzene rings is 2. The molecule has 31 heavy (non-hydrogen) atoms. The number of carbonyl (C=O) groups excluding carboxylic acids is 3. The number of carbonyl (C=O) groups is 3. The van der Waals surface area contributed by atoms with E-state index in [9.17, 15) is 14.4 Å². The van der Waals surface area contributed by atoms with Gasteiger partial charge in [0, 0.05) is 20.5 Å². The molecule has 160 valence electrons. The van der Waals surface area contributed by atoms with Crippen LogP contribution in [0.4, 0.5) is 0 Å². The third-order valence-corrected chi connectivity index (χ3v) is 6.12. The maximum absolute atomic E-state index is 12.7. The van der Waals surface area contributed by atoms with Gasteiger partial charge in [0.05, 0.1) is 24.4 Å². The first-order valence-electron chi connectivity index (χ1n) is 9.48. The van der Waals surface area contributed by atoms with E-state index in [2.05, 4.69) is 5.32 Å². The van der Waals surface area contributed by atoms with Crippen LogP contribution in [-0.4, -0.2) is 30.8 Å². The molecule has 0 saturated heterocycles. The van der Waals surface area contributed by atoms with Crippen molar-refractivity contribution in [1.82, 2.24) is 5.32 Å². The molecule has 3 rings (SSSR count). The van der Waals surface area contributed by atoms with Crippen LogP contribution in [0.15, 0.2) is 54.6 Å². The molecule has 5 nitrogen and oxygen atoms in total. The van der Waals surface area contributed by atoms with Crippen LogP contribution in [0.3, 0.4) is 0 Å². The van der Waals surface area contributed by atoms with Gasteiger partial charge < -0.3 is 10.1 Å². The molecule has 1 amide bonds. The SMILES string of the molecule is CCOC(=O)Cc1cc(C(=O)CNC(=O)c2ccc(Cl)cc2)sc1-c1ccc(Cl)cc1. The highest BCUT2D eigenvalue weighted by atomic mass is 35.5. The van der Waals surface area contributed by atoms with Gasteiger partial charge >= 0.3 is 5.97 Å². The van der Waals surface area contributed by atoms with Gasteiger partial charge in [-0.25, -0.2) is 0 Å². The average Bonchev–Trinajstić information content (AvgIpc) is 3.16. The standard InChI is InChI=1S/C23H19Cl2NO4S/c1-2-30-21(28)12-16-11-20(31-22(16)14-3-7-17(24)8-4-14)19(27)13-26-23(29)15-5-9-18(25)10-6-15/h3-11H,2,12-13H2,1H3,(H,26,29). The van der Waals surface area contributed by atoms with Crippen molar-refractivity contribution >= 4 is 52.2 Å². The first-order valence-corrected chi connectivity index (χ1v) is 11.1. The number of ketones is 1. The monoisotopic (exact) mass is 475 g/mol. The molecule has 0 radical (unpaired) electrons. The van der Waals surface area contributed by atoms with Crippen molar-refractivity contribution < 1.29 is 19.1 Å². The van der Waals surface area contributed by atoms with Crippen molar-refractivity contribution in [2.75, 3.05) is 13.2 Å². The number of thiophene rings is 1. The van der Waals surface area contributed by atoms with Gasteiger partial charge in [0.2, 0.25) is 0 Å². The predicted octanol–water partition coefficient (Wildman–Crippen LogP) is 5.44. The molecule has 0 unspecified atom stereocenters. The summed E-state index contributed by atoms with van der Waals surface area (Å²) in [6.07, 6.45) is 0.0483. The van der Waals surface area contributed by atoms with E-state index in [0.717, 1.165) is 10.4 Å². The lowest BCUT2D eigenvalue weighted by atomic mass is 10.1. The van der Waals surface area contributed by atoms with Gasteiger partial charge in [0.25, 0.3) is 5.91 Å². The van der Waals surface area contributed by atoms with E-state index in [0.29, 0.717) is 26.0 Å². The molecule has 3 aromatic rings. The average molecular weight is 476 g/mol. The summed E-state index contributed by atoms with van der Waals surface area (Å²) >= 11 is 13.1. The van der Waals surface area contributed by atoms with Gasteiger partial charge in [-0.1, -0.05) is 35.3 Å². The van der Waals surface area contributed by atoms with Crippen molar-refractivity contribution in [3.05, 3.63) is 80.6 Å². The second kappa shape index (κ2) is 10.6. The molecule has 0 bridgehead atoms. The summed E-state index contributed by atoms with van der Waals surface area (Å²) in [6.45, 7) is 1.85. The Morgan fingerprint density at radius 2 is 1.58 bits per heavy atom. The molecule has 0 atom stereocenters. The Labute approximate surface area is 193 Å². The van der Waals surface area contributed by atoms with Crippen LogP contribution < -0.4 is 5.32 Å². The maximum atomic E-state index is 12.7. The number of ether oxygens (including phenoxy) is 1. The number of hydrogen-bond donors (Lipinski definition) is 1. The first kappa shape index (κ1) is 23.0. The topological polar surface area (TPSA) is 72.5 Å². The molecule has 1 heterocycles. The Balaban J connectivity index is 1.78. The van der Waals surface area contributed by atoms with Crippen LogP contribution in [0.2, 0.25) is 10.0 Å². The molecule has 1 N–H and O–H groups in total. The Bertz CT molecular complexity index is 1090. The van der Waals surface area contributed by atoms with Gasteiger partial charge in [-0.15, -0.1) is 11.3 Å². The Morgan fingerprint density at radius 1 is 0.968 bits per heavy atom. The lowest BCUT2D eigenvalue weighted by molar-refractivity contribution is -0.142. The third kappa shape index (κ3) is 6.17. The zero-order chi connectivity index (χ0) is 22.4. The Kier molecular flexibility index (Phi) is 7.85. The van der Waals surface area contributed by atoms with Crippen LogP contribution >= 0.6 is 34.5 Å². The number of halogens is 2. The zero-order valence-corrected chi connectivity index (χ0v) is 18.9. The fourth-order valence-corrected chi connectivity index (χ4v) is 4.24. The maximum Gasteiger partial charge on any atom is 0.310 e. The molecule has 0 aliphatic carbocycles. The molecule has 2 aromatic carbocycles. The molecule has 8 heteroatoms. The molecule has 0 saturated carbocycles. The number of nitrogens with one attached hydrogen (secondary N) is 1. The van der Waals surface area contributed by atoms with Gasteiger partial charge in [-0.05, 0) is 60.5 Å². The van der Waals surface area contributed by atoms with E-state index in [1.54, 1.807) is 49.4 Å². The first-order chi connectivity index (χ1) is 14.9. The van der Waals surface area contributed by atoms with E-state index >= 15 is 0 Å². The highest BCUT2D eigenvalue weighted by molar-refractivity contribution is 7.17. The molecule has 1 aromatic heterocycles. The molecule has 0 spiro atoms. The zero-order valence-electron chi connectivity index (χ0n) is 16.6. The highest BCUT2D eigenvalue weighted by Gasteiger charge is 2.19. The quantitative estimate of drug-likeness (QED) is 0.347. The van der Waals surface area contributed by atoms with Crippen LogP contribution in [0.25, 0.3) is 10.4 Å². The van der Waals surface area contributed by atoms with Crippen molar-refractivity contribution in [1.29, 1.82) is 0 Å². The van der Waals surface area contributed by atoms with Gasteiger partial charge in [-0.2, -0.15) is 0 Å². The number of esters is 1. The van der Waals surface area contributed by atoms with E-state index in [1.807, 2.05) is 12.1 Å². The Hall–Kier alpha value is -2.67. The van der Waals surface area contributed by atoms with E-state index in [-0.39, 0.29) is 37.2 Å². The largest absolute Gasteiger partial charge is 0.466 e. The fourth-order valence-electron chi connectivity index (χ4n) is 2.86. The van der Waals surface area contributed by atoms with Crippen molar-refractivity contribution in [2.45, 2.75) is 13.3 Å². The van der Waals surface area contributed by atoms with Gasteiger partial charge in [0.15, 0.2) is 5.78 Å². The lowest BCUT2D eigenvalue weighted by Gasteiger charge is -2.04. The third-order valence-electron chi connectivity index (χ3n) is 4.35. The number of hydrogen-bond acceptors (Lipinski definition) is 5. The summed E-state index contributed by atoms with van der Waals surface area (Å²) in [5.41, 5.74) is 1.95. The summed E-state index contributed by atoms with van der Waals surface area (Å²) in [6, 6.07) is 15.2. The van der Waals surface area contributed by atoms with E-state index in [4.69, 9.17) is 27.9 Å². The molecule has 0 fully saturated rings. The minimum absolute atomic E-state index is 0.0483. The summed E-state index contributed by atoms with van der Waals surface area (Å²) in [7, 11) is 0. The van der Waals surface area contributed by atoms with Gasteiger partial charge in [-0.3, -0.25) is 14.4 Å². The number of Topliss-reactive ketones (excluding diaryl/α,β-unsaturated/α-hetero) is 1. The van der Waals surface area contributed by atoms with Crippen LogP contribution in [-0.2, 0) is 16.0 Å². The predicted molar refractivity (Wildman–Crippen MR) is 123 cm³/mol. The molecular weight excluding hydrogens is 457 g/mol. The van der Waals surface area contributed by atoms with E-state index in [1.165, 1.54) is 11.3 Å². The van der Waals surface area contributed by atoms with Crippen molar-refractivity contribution in [3.8, 4) is 10.4 Å². The number of rotatable bonds is 8. The summed E-state index contributed by atoms with van der Waals surface area (Å²) in [4.78, 5) is 38.3. The smallest absolute Gasteiger partial charge is 0.310 e. The number of amides is 1. The van der Waals surface area contributed by atoms with Gasteiger partial charge in [0.1, 0.15) is 0 Å². The van der Waals surface area contributed by atoms with Crippen molar-refractivity contribution in [2.24, 2.45) is 0 Å². The van der Waals surface area contributed by atoms with Crippen LogP contribution in [0, 0.1) is 0 Å². The summed E-state index contributed by atoms with van der Waals surface area (Å²) in [5.74, 6) is -0.991. The minimum Gasteiger partial charge on any atom is -0.466 e. The second-order valence-electron chi connectivity index (χ2n) is 6.57. The van der Waals surface area contributed by atoms with E-state index < -0.39 is 0 Å². The fraction of sp³-hybridized carbons (Fsp3) is 0.174.